The first-order chi connectivity index (χ1) is 10.7. The third-order valence-corrected chi connectivity index (χ3v) is 4.58. The summed E-state index contributed by atoms with van der Waals surface area (Å²) in [5.41, 5.74) is 3.78. The summed E-state index contributed by atoms with van der Waals surface area (Å²) in [6, 6.07) is 17.5. The number of para-hydroxylation sites is 1. The van der Waals surface area contributed by atoms with Crippen LogP contribution in [0.2, 0.25) is 0 Å². The highest BCUT2D eigenvalue weighted by atomic mass is 32.1. The molecule has 0 aliphatic heterocycles. The lowest BCUT2D eigenvalue weighted by Crippen LogP contribution is -2.12. The Bertz CT molecular complexity index is 975. The van der Waals surface area contributed by atoms with Gasteiger partial charge in [-0.15, -0.1) is 0 Å². The predicted octanol–water partition coefficient (Wildman–Crippen LogP) is 3.75. The maximum Gasteiger partial charge on any atom is 0.273 e. The van der Waals surface area contributed by atoms with Gasteiger partial charge in [0.2, 0.25) is 5.13 Å². The van der Waals surface area contributed by atoms with Gasteiger partial charge in [0.1, 0.15) is 0 Å². The number of thiazole rings is 1. The molecule has 0 saturated carbocycles. The number of rotatable bonds is 2. The van der Waals surface area contributed by atoms with Crippen LogP contribution in [0.25, 0.3) is 26.6 Å². The lowest BCUT2D eigenvalue weighted by Gasteiger charge is -1.99. The van der Waals surface area contributed by atoms with Crippen molar-refractivity contribution in [2.75, 3.05) is 0 Å². The molecule has 4 aromatic rings. The van der Waals surface area contributed by atoms with Crippen molar-refractivity contribution in [1.82, 2.24) is 14.8 Å². The Morgan fingerprint density at radius 3 is 2.64 bits per heavy atom. The van der Waals surface area contributed by atoms with Gasteiger partial charge in [-0.3, -0.25) is 9.89 Å². The number of nitrogens with one attached hydrogen (secondary N) is 1. The highest BCUT2D eigenvalue weighted by Crippen LogP contribution is 2.24. The Hall–Kier alpha value is -2.66. The fourth-order valence-electron chi connectivity index (χ4n) is 2.37. The zero-order valence-corrected chi connectivity index (χ0v) is 12.7. The van der Waals surface area contributed by atoms with E-state index in [0.717, 1.165) is 21.5 Å². The Labute approximate surface area is 130 Å². The van der Waals surface area contributed by atoms with Gasteiger partial charge in [-0.2, -0.15) is 4.68 Å². The summed E-state index contributed by atoms with van der Waals surface area (Å²) < 4.78 is 2.57. The number of nitrogens with zero attached hydrogens (tertiary/aromatic N) is 2. The molecule has 1 N–H and O–H groups in total. The standard InChI is InChI=1S/C17H13N3OS/c1-11-6-8-12(9-7-11)14-10-16(21)20(19-14)17-18-13-4-2-3-5-15(13)22-17/h2-10,19H,1H3. The van der Waals surface area contributed by atoms with E-state index in [4.69, 9.17) is 0 Å². The van der Waals surface area contributed by atoms with Crippen LogP contribution in [-0.2, 0) is 0 Å². The van der Waals surface area contributed by atoms with E-state index in [9.17, 15) is 4.79 Å². The minimum atomic E-state index is -0.102. The third kappa shape index (κ3) is 2.16. The van der Waals surface area contributed by atoms with Gasteiger partial charge in [0.05, 0.1) is 15.9 Å². The number of aromatic amines is 1. The van der Waals surface area contributed by atoms with Gasteiger partial charge in [0, 0.05) is 6.07 Å². The fourth-order valence-corrected chi connectivity index (χ4v) is 3.31. The molecule has 0 aliphatic carbocycles. The first-order valence-electron chi connectivity index (χ1n) is 6.96. The first kappa shape index (κ1) is 13.0. The molecule has 0 atom stereocenters. The summed E-state index contributed by atoms with van der Waals surface area (Å²) in [5.74, 6) is 0. The quantitative estimate of drug-likeness (QED) is 0.613. The highest BCUT2D eigenvalue weighted by Gasteiger charge is 2.11. The van der Waals surface area contributed by atoms with Crippen LogP contribution in [0.15, 0.2) is 59.4 Å². The summed E-state index contributed by atoms with van der Waals surface area (Å²) >= 11 is 1.50. The van der Waals surface area contributed by atoms with E-state index < -0.39 is 0 Å². The zero-order chi connectivity index (χ0) is 15.1. The molecule has 108 valence electrons. The van der Waals surface area contributed by atoms with E-state index in [1.54, 1.807) is 6.07 Å². The molecule has 2 aromatic carbocycles. The Morgan fingerprint density at radius 1 is 1.09 bits per heavy atom. The minimum absolute atomic E-state index is 0.102. The molecule has 0 radical (unpaired) electrons. The molecule has 0 aliphatic rings. The number of aromatic nitrogens is 3. The maximum absolute atomic E-state index is 12.3. The molecule has 0 spiro atoms. The number of aryl methyl sites for hydroxylation is 1. The molecule has 4 rings (SSSR count). The van der Waals surface area contributed by atoms with Gasteiger partial charge >= 0.3 is 0 Å². The molecule has 0 amide bonds. The second kappa shape index (κ2) is 4.96. The monoisotopic (exact) mass is 307 g/mol. The lowest BCUT2D eigenvalue weighted by atomic mass is 10.1. The normalized spacial score (nSPS) is 11.1. The number of benzene rings is 2. The molecule has 0 saturated heterocycles. The van der Waals surface area contributed by atoms with Gasteiger partial charge in [-0.25, -0.2) is 4.98 Å². The zero-order valence-electron chi connectivity index (χ0n) is 11.9. The van der Waals surface area contributed by atoms with Crippen LogP contribution in [0.5, 0.6) is 0 Å². The average Bonchev–Trinajstić information content (AvgIpc) is 3.11. The van der Waals surface area contributed by atoms with Gasteiger partial charge in [-0.05, 0) is 24.6 Å². The van der Waals surface area contributed by atoms with Gasteiger partial charge in [0.15, 0.2) is 0 Å². The molecule has 4 nitrogen and oxygen atoms in total. The predicted molar refractivity (Wildman–Crippen MR) is 89.7 cm³/mol. The van der Waals surface area contributed by atoms with E-state index >= 15 is 0 Å². The van der Waals surface area contributed by atoms with E-state index in [2.05, 4.69) is 10.1 Å². The van der Waals surface area contributed by atoms with Crippen molar-refractivity contribution >= 4 is 21.6 Å². The molecule has 2 aromatic heterocycles. The number of hydrogen-bond donors (Lipinski definition) is 1. The SMILES string of the molecule is Cc1ccc(-c2cc(=O)n(-c3nc4ccccc4s3)[nH]2)cc1. The van der Waals surface area contributed by atoms with Gasteiger partial charge in [0.25, 0.3) is 5.56 Å². The summed E-state index contributed by atoms with van der Waals surface area (Å²) in [6.45, 7) is 2.04. The molecule has 0 bridgehead atoms. The Kier molecular flexibility index (Phi) is 2.94. The Balaban J connectivity index is 1.82. The van der Waals surface area contributed by atoms with Crippen LogP contribution >= 0.6 is 11.3 Å². The summed E-state index contributed by atoms with van der Waals surface area (Å²) in [4.78, 5) is 16.8. The number of hydrogen-bond acceptors (Lipinski definition) is 3. The van der Waals surface area contributed by atoms with Crippen molar-refractivity contribution < 1.29 is 0 Å². The molecular formula is C17H13N3OS. The second-order valence-corrected chi connectivity index (χ2v) is 6.18. The first-order valence-corrected chi connectivity index (χ1v) is 7.77. The maximum atomic E-state index is 12.3. The summed E-state index contributed by atoms with van der Waals surface area (Å²) in [7, 11) is 0. The second-order valence-electron chi connectivity index (χ2n) is 5.17. The topological polar surface area (TPSA) is 50.7 Å². The highest BCUT2D eigenvalue weighted by molar-refractivity contribution is 7.20. The van der Waals surface area contributed by atoms with E-state index in [1.807, 2.05) is 55.5 Å². The van der Waals surface area contributed by atoms with Crippen molar-refractivity contribution in [3.63, 3.8) is 0 Å². The van der Waals surface area contributed by atoms with E-state index in [1.165, 1.54) is 21.6 Å². The average molecular weight is 307 g/mol. The third-order valence-electron chi connectivity index (χ3n) is 3.56. The molecule has 0 fully saturated rings. The summed E-state index contributed by atoms with van der Waals surface area (Å²) in [5, 5.41) is 3.80. The fraction of sp³-hybridized carbons (Fsp3) is 0.0588. The molecule has 22 heavy (non-hydrogen) atoms. The van der Waals surface area contributed by atoms with Crippen molar-refractivity contribution in [2.45, 2.75) is 6.92 Å². The molecule has 0 unspecified atom stereocenters. The van der Waals surface area contributed by atoms with Crippen LogP contribution in [0.3, 0.4) is 0 Å². The van der Waals surface area contributed by atoms with Crippen LogP contribution in [0.4, 0.5) is 0 Å². The van der Waals surface area contributed by atoms with Crippen LogP contribution < -0.4 is 5.56 Å². The number of H-pyrrole nitrogens is 1. The van der Waals surface area contributed by atoms with Crippen molar-refractivity contribution in [2.24, 2.45) is 0 Å². The minimum Gasteiger partial charge on any atom is -0.288 e. The van der Waals surface area contributed by atoms with Crippen molar-refractivity contribution in [1.29, 1.82) is 0 Å². The molecule has 5 heteroatoms. The number of fused-ring (bicyclic) bond motifs is 1. The van der Waals surface area contributed by atoms with Crippen molar-refractivity contribution in [3.05, 3.63) is 70.5 Å². The molecular weight excluding hydrogens is 294 g/mol. The molecule has 2 heterocycles. The largest absolute Gasteiger partial charge is 0.288 e. The van der Waals surface area contributed by atoms with E-state index in [-0.39, 0.29) is 5.56 Å². The lowest BCUT2D eigenvalue weighted by molar-refractivity contribution is 0.846. The smallest absolute Gasteiger partial charge is 0.273 e. The summed E-state index contributed by atoms with van der Waals surface area (Å²) in [6.07, 6.45) is 0. The van der Waals surface area contributed by atoms with Gasteiger partial charge in [-0.1, -0.05) is 53.3 Å². The van der Waals surface area contributed by atoms with Crippen LogP contribution in [0, 0.1) is 6.92 Å². The van der Waals surface area contributed by atoms with Gasteiger partial charge < -0.3 is 0 Å². The van der Waals surface area contributed by atoms with Crippen LogP contribution in [-0.4, -0.2) is 14.8 Å². The van der Waals surface area contributed by atoms with Crippen LogP contribution in [0.1, 0.15) is 5.56 Å². The van der Waals surface area contributed by atoms with E-state index in [0.29, 0.717) is 5.13 Å². The Morgan fingerprint density at radius 2 is 1.86 bits per heavy atom. The van der Waals surface area contributed by atoms with Crippen molar-refractivity contribution in [3.8, 4) is 16.4 Å².